The number of carbonyl (C=O) groups is 1. The second-order valence-electron chi connectivity index (χ2n) is 4.80. The molecular formula is C14H17N3O2S. The number of thioether (sulfide) groups is 1. The van der Waals surface area contributed by atoms with Crippen molar-refractivity contribution in [1.82, 2.24) is 14.8 Å². The first kappa shape index (κ1) is 14.6. The Morgan fingerprint density at radius 1 is 1.30 bits per heavy atom. The van der Waals surface area contributed by atoms with Crippen LogP contribution in [0.25, 0.3) is 11.4 Å². The molecule has 0 unspecified atom stereocenters. The van der Waals surface area contributed by atoms with Crippen molar-refractivity contribution in [3.63, 3.8) is 0 Å². The van der Waals surface area contributed by atoms with E-state index in [1.54, 1.807) is 11.7 Å². The van der Waals surface area contributed by atoms with Crippen LogP contribution in [0.3, 0.4) is 0 Å². The second kappa shape index (κ2) is 5.66. The van der Waals surface area contributed by atoms with Crippen LogP contribution in [0.5, 0.6) is 0 Å². The number of benzene rings is 1. The SMILES string of the molecule is Cc1cc(C)c(-c2nc(SCC(=O)O)n(C)n2)c(C)c1. The van der Waals surface area contributed by atoms with Gasteiger partial charge in [0, 0.05) is 12.6 Å². The van der Waals surface area contributed by atoms with E-state index in [1.807, 2.05) is 13.8 Å². The largest absolute Gasteiger partial charge is 0.481 e. The van der Waals surface area contributed by atoms with Gasteiger partial charge in [-0.3, -0.25) is 4.79 Å². The van der Waals surface area contributed by atoms with Crippen molar-refractivity contribution in [3.8, 4) is 11.4 Å². The van der Waals surface area contributed by atoms with Crippen LogP contribution in [-0.2, 0) is 11.8 Å². The molecule has 1 aromatic heterocycles. The van der Waals surface area contributed by atoms with Crippen LogP contribution in [-0.4, -0.2) is 31.6 Å². The molecule has 106 valence electrons. The maximum Gasteiger partial charge on any atom is 0.313 e. The molecule has 1 aromatic carbocycles. The van der Waals surface area contributed by atoms with E-state index < -0.39 is 5.97 Å². The van der Waals surface area contributed by atoms with Gasteiger partial charge in [-0.2, -0.15) is 5.10 Å². The van der Waals surface area contributed by atoms with Gasteiger partial charge in [-0.05, 0) is 31.9 Å². The molecule has 0 saturated heterocycles. The maximum atomic E-state index is 10.6. The number of carboxylic acids is 1. The molecule has 2 rings (SSSR count). The standard InChI is InChI=1S/C14H17N3O2S/c1-8-5-9(2)12(10(3)6-8)13-15-14(17(4)16-13)20-7-11(18)19/h5-6H,7H2,1-4H3,(H,18,19). The zero-order chi connectivity index (χ0) is 14.9. The first-order valence-electron chi connectivity index (χ1n) is 6.22. The first-order valence-corrected chi connectivity index (χ1v) is 7.21. The van der Waals surface area contributed by atoms with Crippen molar-refractivity contribution < 1.29 is 9.90 Å². The maximum absolute atomic E-state index is 10.6. The van der Waals surface area contributed by atoms with Gasteiger partial charge < -0.3 is 5.11 Å². The lowest BCUT2D eigenvalue weighted by atomic mass is 9.99. The molecule has 0 aliphatic carbocycles. The predicted molar refractivity (Wildman–Crippen MR) is 79.0 cm³/mol. The van der Waals surface area contributed by atoms with Crippen LogP contribution in [0, 0.1) is 20.8 Å². The normalized spacial score (nSPS) is 10.8. The van der Waals surface area contributed by atoms with E-state index in [1.165, 1.54) is 17.3 Å². The molecule has 20 heavy (non-hydrogen) atoms. The number of hydrogen-bond donors (Lipinski definition) is 1. The Morgan fingerprint density at radius 3 is 2.45 bits per heavy atom. The molecule has 1 N–H and O–H groups in total. The van der Waals surface area contributed by atoms with Gasteiger partial charge in [0.1, 0.15) is 0 Å². The Bertz CT molecular complexity index is 641. The Hall–Kier alpha value is -1.82. The summed E-state index contributed by atoms with van der Waals surface area (Å²) >= 11 is 1.18. The van der Waals surface area contributed by atoms with E-state index in [9.17, 15) is 4.79 Å². The molecular weight excluding hydrogens is 274 g/mol. The minimum atomic E-state index is -0.859. The van der Waals surface area contributed by atoms with Crippen molar-refractivity contribution in [2.75, 3.05) is 5.75 Å². The summed E-state index contributed by atoms with van der Waals surface area (Å²) < 4.78 is 1.63. The van der Waals surface area contributed by atoms with Gasteiger partial charge >= 0.3 is 5.97 Å². The van der Waals surface area contributed by atoms with Crippen molar-refractivity contribution in [2.24, 2.45) is 7.05 Å². The zero-order valence-corrected chi connectivity index (χ0v) is 12.8. The third-order valence-corrected chi connectivity index (χ3v) is 3.95. The van der Waals surface area contributed by atoms with Crippen molar-refractivity contribution in [3.05, 3.63) is 28.8 Å². The zero-order valence-electron chi connectivity index (χ0n) is 12.0. The van der Waals surface area contributed by atoms with Gasteiger partial charge in [0.25, 0.3) is 0 Å². The van der Waals surface area contributed by atoms with Crippen LogP contribution in [0.1, 0.15) is 16.7 Å². The number of carboxylic acid groups (broad SMARTS) is 1. The second-order valence-corrected chi connectivity index (χ2v) is 5.74. The highest BCUT2D eigenvalue weighted by molar-refractivity contribution is 7.99. The average Bonchev–Trinajstić information content (AvgIpc) is 2.66. The molecule has 0 aliphatic heterocycles. The Balaban J connectivity index is 2.39. The van der Waals surface area contributed by atoms with Gasteiger partial charge in [-0.15, -0.1) is 0 Å². The van der Waals surface area contributed by atoms with Gasteiger partial charge in [-0.1, -0.05) is 29.5 Å². The summed E-state index contributed by atoms with van der Waals surface area (Å²) in [7, 11) is 1.78. The van der Waals surface area contributed by atoms with Gasteiger partial charge in [-0.25, -0.2) is 9.67 Å². The molecule has 0 bridgehead atoms. The third kappa shape index (κ3) is 3.01. The van der Waals surface area contributed by atoms with E-state index in [2.05, 4.69) is 29.1 Å². The molecule has 2 aromatic rings. The minimum absolute atomic E-state index is 0.0160. The Kier molecular flexibility index (Phi) is 4.13. The number of hydrogen-bond acceptors (Lipinski definition) is 4. The van der Waals surface area contributed by atoms with Crippen LogP contribution in [0.2, 0.25) is 0 Å². The molecule has 6 heteroatoms. The highest BCUT2D eigenvalue weighted by Crippen LogP contribution is 2.27. The summed E-state index contributed by atoms with van der Waals surface area (Å²) in [5.41, 5.74) is 4.49. The highest BCUT2D eigenvalue weighted by atomic mass is 32.2. The molecule has 0 aliphatic rings. The lowest BCUT2D eigenvalue weighted by Gasteiger charge is -2.07. The summed E-state index contributed by atoms with van der Waals surface area (Å²) in [4.78, 5) is 15.1. The molecule has 1 heterocycles. The Labute approximate surface area is 122 Å². The average molecular weight is 291 g/mol. The quantitative estimate of drug-likeness (QED) is 0.877. The monoisotopic (exact) mass is 291 g/mol. The predicted octanol–water partition coefficient (Wildman–Crippen LogP) is 2.58. The number of rotatable bonds is 4. The topological polar surface area (TPSA) is 68.0 Å². The summed E-state index contributed by atoms with van der Waals surface area (Å²) in [6, 6.07) is 4.20. The third-order valence-electron chi connectivity index (χ3n) is 2.95. The van der Waals surface area contributed by atoms with Crippen molar-refractivity contribution in [1.29, 1.82) is 0 Å². The summed E-state index contributed by atoms with van der Waals surface area (Å²) in [5, 5.41) is 13.7. The number of aliphatic carboxylic acids is 1. The van der Waals surface area contributed by atoms with Gasteiger partial charge in [0.2, 0.25) is 0 Å². The number of aryl methyl sites for hydroxylation is 4. The molecule has 0 spiro atoms. The molecule has 0 saturated carbocycles. The van der Waals surface area contributed by atoms with Gasteiger partial charge in [0.05, 0.1) is 5.75 Å². The van der Waals surface area contributed by atoms with Crippen molar-refractivity contribution >= 4 is 17.7 Å². The fourth-order valence-electron chi connectivity index (χ4n) is 2.26. The fourth-order valence-corrected chi connectivity index (χ4v) is 2.89. The van der Waals surface area contributed by atoms with E-state index >= 15 is 0 Å². The summed E-state index contributed by atoms with van der Waals surface area (Å²) in [6.45, 7) is 6.13. The van der Waals surface area contributed by atoms with Gasteiger partial charge in [0.15, 0.2) is 11.0 Å². The van der Waals surface area contributed by atoms with Crippen molar-refractivity contribution in [2.45, 2.75) is 25.9 Å². The Morgan fingerprint density at radius 2 is 1.90 bits per heavy atom. The van der Waals surface area contributed by atoms with E-state index in [4.69, 9.17) is 5.11 Å². The summed E-state index contributed by atoms with van der Waals surface area (Å²) in [6.07, 6.45) is 0. The lowest BCUT2D eigenvalue weighted by Crippen LogP contribution is -2.00. The number of aromatic nitrogens is 3. The molecule has 0 atom stereocenters. The van der Waals surface area contributed by atoms with E-state index in [0.717, 1.165) is 16.7 Å². The van der Waals surface area contributed by atoms with E-state index in [-0.39, 0.29) is 5.75 Å². The fraction of sp³-hybridized carbons (Fsp3) is 0.357. The molecule has 0 fully saturated rings. The first-order chi connectivity index (χ1) is 9.38. The minimum Gasteiger partial charge on any atom is -0.481 e. The highest BCUT2D eigenvalue weighted by Gasteiger charge is 2.15. The van der Waals surface area contributed by atoms with Crippen LogP contribution in [0.4, 0.5) is 0 Å². The van der Waals surface area contributed by atoms with E-state index in [0.29, 0.717) is 11.0 Å². The molecule has 0 radical (unpaired) electrons. The molecule has 0 amide bonds. The van der Waals surface area contributed by atoms with Crippen LogP contribution in [0.15, 0.2) is 17.3 Å². The molecule has 5 nitrogen and oxygen atoms in total. The lowest BCUT2D eigenvalue weighted by molar-refractivity contribution is -0.133. The summed E-state index contributed by atoms with van der Waals surface area (Å²) in [5.74, 6) is -0.227. The number of nitrogens with zero attached hydrogens (tertiary/aromatic N) is 3. The van der Waals surface area contributed by atoms with Crippen LogP contribution >= 0.6 is 11.8 Å². The smallest absolute Gasteiger partial charge is 0.313 e. The van der Waals surface area contributed by atoms with Crippen LogP contribution < -0.4 is 0 Å².